The lowest BCUT2D eigenvalue weighted by atomic mass is 9.90. The Hall–Kier alpha value is -1.40. The van der Waals surface area contributed by atoms with Gasteiger partial charge in [-0.1, -0.05) is 6.07 Å². The molecule has 0 radical (unpaired) electrons. The van der Waals surface area contributed by atoms with Crippen LogP contribution in [0.2, 0.25) is 0 Å². The third-order valence-electron chi connectivity index (χ3n) is 4.14. The van der Waals surface area contributed by atoms with Crippen LogP contribution in [0, 0.1) is 5.82 Å². The monoisotopic (exact) mass is 328 g/mol. The molecule has 0 bridgehead atoms. The zero-order chi connectivity index (χ0) is 17.6. The topological polar surface area (TPSA) is 44.8 Å². The summed E-state index contributed by atoms with van der Waals surface area (Å²) in [7, 11) is -0.665. The van der Waals surface area contributed by atoms with E-state index in [4.69, 9.17) is 14.0 Å². The maximum atomic E-state index is 14.3. The molecule has 0 amide bonds. The highest BCUT2D eigenvalue weighted by Crippen LogP contribution is 2.36. The Balaban J connectivity index is 2.23. The van der Waals surface area contributed by atoms with E-state index in [0.717, 1.165) is 0 Å². The van der Waals surface area contributed by atoms with Crippen molar-refractivity contribution in [3.8, 4) is 0 Å². The van der Waals surface area contributed by atoms with E-state index in [1.807, 2.05) is 27.7 Å². The van der Waals surface area contributed by atoms with Crippen LogP contribution in [0.5, 0.6) is 0 Å². The van der Waals surface area contributed by atoms with E-state index >= 15 is 0 Å². The Morgan fingerprint density at radius 1 is 1.13 bits per heavy atom. The fourth-order valence-electron chi connectivity index (χ4n) is 2.16. The molecule has 1 heterocycles. The quantitative estimate of drug-likeness (QED) is 0.618. The van der Waals surface area contributed by atoms with Crippen molar-refractivity contribution in [2.75, 3.05) is 0 Å². The van der Waals surface area contributed by atoms with Crippen LogP contribution < -0.4 is 5.46 Å². The lowest BCUT2D eigenvalue weighted by Crippen LogP contribution is -2.41. The number of rotatable bonds is 2. The van der Waals surface area contributed by atoms with Crippen LogP contribution >= 0.6 is 0 Å². The van der Waals surface area contributed by atoms with Crippen molar-refractivity contribution in [1.29, 1.82) is 0 Å². The van der Waals surface area contributed by atoms with Gasteiger partial charge in [0.2, 0.25) is 0 Å². The highest BCUT2D eigenvalue weighted by atomic mass is 19.2. The summed E-state index contributed by atoms with van der Waals surface area (Å²) in [5.74, 6) is -1.33. The molecule has 0 atom stereocenters. The Bertz CT molecular complexity index is 604. The van der Waals surface area contributed by atoms with Crippen LogP contribution in [0.3, 0.4) is 0 Å². The zero-order valence-electron chi connectivity index (χ0n) is 14.8. The van der Waals surface area contributed by atoms with Gasteiger partial charge in [-0.15, -0.1) is 0 Å². The molecule has 0 N–H and O–H groups in total. The van der Waals surface area contributed by atoms with Gasteiger partial charge in [0.05, 0.1) is 16.8 Å². The van der Waals surface area contributed by atoms with E-state index in [1.165, 1.54) is 12.1 Å². The second kappa shape index (κ2) is 5.60. The van der Waals surface area contributed by atoms with E-state index in [-0.39, 0.29) is 5.56 Å². The number of esters is 1. The van der Waals surface area contributed by atoms with E-state index in [2.05, 4.69) is 0 Å². The van der Waals surface area contributed by atoms with Gasteiger partial charge in [0, 0.05) is 0 Å². The molecule has 4 nitrogen and oxygen atoms in total. The number of halogens is 1. The molecule has 126 valence electrons. The van der Waals surface area contributed by atoms with Crippen molar-refractivity contribution < 1.29 is 23.2 Å². The molecule has 0 aromatic heterocycles. The van der Waals surface area contributed by atoms with E-state index in [0.29, 0.717) is 5.46 Å². The molecule has 6 heteroatoms. The molecule has 0 unspecified atom stereocenters. The largest absolute Gasteiger partial charge is 0.494 e. The normalized spacial score (nSPS) is 19.7. The van der Waals surface area contributed by atoms with Gasteiger partial charge in [-0.05, 0) is 66.1 Å². The van der Waals surface area contributed by atoms with Crippen molar-refractivity contribution in [2.24, 2.45) is 0 Å². The molecule has 1 aliphatic rings. The van der Waals surface area contributed by atoms with Crippen molar-refractivity contribution in [2.45, 2.75) is 65.3 Å². The van der Waals surface area contributed by atoms with E-state index < -0.39 is 35.7 Å². The van der Waals surface area contributed by atoms with Gasteiger partial charge in [-0.25, -0.2) is 9.18 Å². The standard InChI is InChI=1S/C17H24BFO4/c1-15(2,3)21-14(20)12-9-8-11(10-13(12)19)18-22-16(4,5)17(6,7)23-18/h8-10H,1-7H3/i8+1,9+1,10+1,11+1,12+1,13+1. The fourth-order valence-corrected chi connectivity index (χ4v) is 2.16. The fraction of sp³-hybridized carbons (Fsp3) is 0.588. The van der Waals surface area contributed by atoms with E-state index in [9.17, 15) is 9.18 Å². The van der Waals surface area contributed by atoms with Crippen LogP contribution in [-0.4, -0.2) is 29.9 Å². The predicted octanol–water partition coefficient (Wildman–Crippen LogP) is 3.08. The van der Waals surface area contributed by atoms with Gasteiger partial charge >= 0.3 is 13.1 Å². The maximum Gasteiger partial charge on any atom is 0.494 e. The van der Waals surface area contributed by atoms with Crippen LogP contribution in [-0.2, 0) is 14.0 Å². The SMILES string of the molecule is CC(C)(C)OC(=O)[13c]1[13cH][13cH][13c](B2OC(C)(C)C(C)(C)O2)[13cH][13c]1F. The second-order valence-corrected chi connectivity index (χ2v) is 7.83. The highest BCUT2D eigenvalue weighted by molar-refractivity contribution is 6.62. The molecule has 1 aromatic rings. The zero-order valence-corrected chi connectivity index (χ0v) is 14.8. The van der Waals surface area contributed by atoms with Gasteiger partial charge < -0.3 is 14.0 Å². The van der Waals surface area contributed by atoms with Gasteiger partial charge in [-0.2, -0.15) is 0 Å². The first-order valence-electron chi connectivity index (χ1n) is 7.71. The molecule has 1 saturated heterocycles. The Kier molecular flexibility index (Phi) is 4.37. The summed E-state index contributed by atoms with van der Waals surface area (Å²) in [6.45, 7) is 12.9. The van der Waals surface area contributed by atoms with E-state index in [1.54, 1.807) is 26.8 Å². The summed E-state index contributed by atoms with van der Waals surface area (Å²) in [6.07, 6.45) is 0. The number of carbonyl (C=O) groups excluding carboxylic acids is 1. The lowest BCUT2D eigenvalue weighted by Gasteiger charge is -2.32. The molecule has 1 fully saturated rings. The highest BCUT2D eigenvalue weighted by Gasteiger charge is 2.51. The third-order valence-corrected chi connectivity index (χ3v) is 4.14. The molecule has 2 rings (SSSR count). The van der Waals surface area contributed by atoms with Gasteiger partial charge in [0.1, 0.15) is 11.4 Å². The first-order valence-corrected chi connectivity index (χ1v) is 7.71. The Morgan fingerprint density at radius 2 is 1.65 bits per heavy atom. The van der Waals surface area contributed by atoms with Gasteiger partial charge in [0.25, 0.3) is 0 Å². The Labute approximate surface area is 137 Å². The summed E-state index contributed by atoms with van der Waals surface area (Å²) in [4.78, 5) is 12.0. The average Bonchev–Trinajstić information content (AvgIpc) is 2.56. The summed E-state index contributed by atoms with van der Waals surface area (Å²) < 4.78 is 31.3. The summed E-state index contributed by atoms with van der Waals surface area (Å²) in [5.41, 5.74) is -1.24. The average molecular weight is 328 g/mol. The minimum atomic E-state index is -0.685. The Morgan fingerprint density at radius 3 is 2.09 bits per heavy atom. The number of hydrogen-bond donors (Lipinski definition) is 0. The molecule has 0 saturated carbocycles. The molecule has 23 heavy (non-hydrogen) atoms. The molecule has 0 spiro atoms. The second-order valence-electron chi connectivity index (χ2n) is 7.83. The summed E-state index contributed by atoms with van der Waals surface area (Å²) in [5, 5.41) is 0. The summed E-state index contributed by atoms with van der Waals surface area (Å²) >= 11 is 0. The minimum Gasteiger partial charge on any atom is -0.456 e. The predicted molar refractivity (Wildman–Crippen MR) is 87.3 cm³/mol. The van der Waals surface area contributed by atoms with Crippen LogP contribution in [0.4, 0.5) is 4.39 Å². The summed E-state index contributed by atoms with van der Waals surface area (Å²) in [6, 6.07) is 4.30. The van der Waals surface area contributed by atoms with Crippen LogP contribution in [0.15, 0.2) is 18.2 Å². The van der Waals surface area contributed by atoms with Crippen molar-refractivity contribution >= 4 is 18.6 Å². The third kappa shape index (κ3) is 3.75. The van der Waals surface area contributed by atoms with Gasteiger partial charge in [0.15, 0.2) is 0 Å². The smallest absolute Gasteiger partial charge is 0.456 e. The molecular formula is C17H24BFO4. The first-order chi connectivity index (χ1) is 10.3. The molecule has 0 aliphatic carbocycles. The van der Waals surface area contributed by atoms with Gasteiger partial charge in [-0.3, -0.25) is 0 Å². The first kappa shape index (κ1) is 18.0. The molecule has 1 aromatic carbocycles. The molecule has 1 aliphatic heterocycles. The van der Waals surface area contributed by atoms with Crippen LogP contribution in [0.1, 0.15) is 58.8 Å². The lowest BCUT2D eigenvalue weighted by molar-refractivity contribution is 0.00578. The number of benzene rings is 1. The number of carbonyl (C=O) groups is 1. The minimum absolute atomic E-state index is 0.0970. The van der Waals surface area contributed by atoms with Crippen molar-refractivity contribution in [3.63, 3.8) is 0 Å². The number of ether oxygens (including phenoxy) is 1. The van der Waals surface area contributed by atoms with Crippen LogP contribution in [0.25, 0.3) is 0 Å². The molecular weight excluding hydrogens is 304 g/mol. The van der Waals surface area contributed by atoms with Crippen molar-refractivity contribution in [3.05, 3.63) is 29.6 Å². The van der Waals surface area contributed by atoms with Crippen molar-refractivity contribution in [1.82, 2.24) is 0 Å². The number of hydrogen-bond acceptors (Lipinski definition) is 4. The maximum absolute atomic E-state index is 14.3.